The number of rotatable bonds is 6. The first-order valence-electron chi connectivity index (χ1n) is 8.13. The van der Waals surface area contributed by atoms with E-state index in [2.05, 4.69) is 0 Å². The van der Waals surface area contributed by atoms with Crippen LogP contribution in [0.4, 0.5) is 11.4 Å². The summed E-state index contributed by atoms with van der Waals surface area (Å²) in [7, 11) is -9.05. The lowest BCUT2D eigenvalue weighted by Crippen LogP contribution is -2.02. The number of nitrogen functional groups attached to an aromatic ring is 2. The van der Waals surface area contributed by atoms with E-state index in [-0.39, 0.29) is 33.6 Å². The molecular weight excluding hydrogens is 436 g/mol. The van der Waals surface area contributed by atoms with Crippen LogP contribution in [-0.4, -0.2) is 25.9 Å². The van der Waals surface area contributed by atoms with Crippen molar-refractivity contribution >= 4 is 31.6 Å². The molecule has 3 aromatic rings. The Morgan fingerprint density at radius 2 is 1.20 bits per heavy atom. The molecule has 6 N–H and O–H groups in total. The molecule has 0 aromatic heterocycles. The Bertz CT molecular complexity index is 1300. The molecule has 0 radical (unpaired) electrons. The van der Waals surface area contributed by atoms with Crippen LogP contribution >= 0.6 is 0 Å². The molecule has 3 aromatic carbocycles. The molecule has 0 saturated heterocycles. The van der Waals surface area contributed by atoms with Gasteiger partial charge in [0.15, 0.2) is 0 Å². The molecule has 12 heteroatoms. The quantitative estimate of drug-likeness (QED) is 0.321. The minimum Gasteiger partial charge on any atom is -0.457 e. The lowest BCUT2D eigenvalue weighted by atomic mass is 10.2. The van der Waals surface area contributed by atoms with Crippen LogP contribution < -0.4 is 20.9 Å². The van der Waals surface area contributed by atoms with Gasteiger partial charge in [0.1, 0.15) is 27.9 Å². The number of benzene rings is 3. The van der Waals surface area contributed by atoms with E-state index >= 15 is 0 Å². The summed E-state index contributed by atoms with van der Waals surface area (Å²) in [5.41, 5.74) is 11.9. The molecule has 0 bridgehead atoms. The second-order valence-electron chi connectivity index (χ2n) is 6.02. The molecule has 158 valence electrons. The molecule has 0 amide bonds. The highest BCUT2D eigenvalue weighted by atomic mass is 32.2. The predicted molar refractivity (Wildman–Crippen MR) is 108 cm³/mol. The topological polar surface area (TPSA) is 179 Å². The summed E-state index contributed by atoms with van der Waals surface area (Å²) in [6.45, 7) is 0. The van der Waals surface area contributed by atoms with Crippen molar-refractivity contribution < 1.29 is 35.4 Å². The number of hydrogen-bond acceptors (Lipinski definition) is 8. The van der Waals surface area contributed by atoms with Crippen molar-refractivity contribution in [3.05, 3.63) is 60.7 Å². The average molecular weight is 452 g/mol. The van der Waals surface area contributed by atoms with Gasteiger partial charge in [-0.15, -0.1) is 0 Å². The molecule has 0 aliphatic carbocycles. The Morgan fingerprint density at radius 3 is 1.77 bits per heavy atom. The highest BCUT2D eigenvalue weighted by Crippen LogP contribution is 2.35. The van der Waals surface area contributed by atoms with Gasteiger partial charge in [-0.05, 0) is 48.5 Å². The van der Waals surface area contributed by atoms with Gasteiger partial charge < -0.3 is 20.9 Å². The van der Waals surface area contributed by atoms with E-state index in [4.69, 9.17) is 25.5 Å². The van der Waals surface area contributed by atoms with E-state index in [9.17, 15) is 21.4 Å². The van der Waals surface area contributed by atoms with Gasteiger partial charge in [0.25, 0.3) is 20.2 Å². The molecule has 0 heterocycles. The Balaban J connectivity index is 1.92. The van der Waals surface area contributed by atoms with Gasteiger partial charge in [0.2, 0.25) is 0 Å². The summed E-state index contributed by atoms with van der Waals surface area (Å²) in [4.78, 5) is -0.898. The Labute approximate surface area is 172 Å². The Kier molecular flexibility index (Phi) is 5.59. The molecule has 0 saturated carbocycles. The minimum atomic E-state index is -4.69. The standard InChI is InChI=1S/C18H16N2O8S2/c19-15-7-3-12(9-16(15)20)28-17-8-4-13(10-18(17)30(24,25)26)27-11-1-5-14(6-2-11)29(21,22)23/h1-10H,19-20H2,(H,21,22,23)(H,24,25,26). The van der Waals surface area contributed by atoms with Gasteiger partial charge in [0, 0.05) is 12.1 Å². The van der Waals surface area contributed by atoms with Gasteiger partial charge in [-0.2, -0.15) is 16.8 Å². The molecule has 30 heavy (non-hydrogen) atoms. The fraction of sp³-hybridized carbons (Fsp3) is 0. The first-order valence-corrected chi connectivity index (χ1v) is 11.0. The molecule has 10 nitrogen and oxygen atoms in total. The third-order valence-electron chi connectivity index (χ3n) is 3.84. The Hall–Kier alpha value is -3.32. The maximum atomic E-state index is 11.8. The van der Waals surface area contributed by atoms with Crippen molar-refractivity contribution in [1.29, 1.82) is 0 Å². The molecule has 3 rings (SSSR count). The molecular formula is C18H16N2O8S2. The average Bonchev–Trinajstić information content (AvgIpc) is 2.65. The molecule has 0 aliphatic rings. The van der Waals surface area contributed by atoms with E-state index in [0.29, 0.717) is 5.69 Å². The molecule has 0 fully saturated rings. The van der Waals surface area contributed by atoms with E-state index in [1.165, 1.54) is 42.5 Å². The van der Waals surface area contributed by atoms with Gasteiger partial charge in [-0.1, -0.05) is 0 Å². The summed E-state index contributed by atoms with van der Waals surface area (Å²) >= 11 is 0. The fourth-order valence-electron chi connectivity index (χ4n) is 2.40. The normalized spacial score (nSPS) is 11.8. The summed E-state index contributed by atoms with van der Waals surface area (Å²) in [5, 5.41) is 0. The van der Waals surface area contributed by atoms with E-state index in [0.717, 1.165) is 18.2 Å². The van der Waals surface area contributed by atoms with Crippen molar-refractivity contribution in [3.63, 3.8) is 0 Å². The first kappa shape index (κ1) is 21.4. The van der Waals surface area contributed by atoms with Gasteiger partial charge in [-0.25, -0.2) is 0 Å². The van der Waals surface area contributed by atoms with E-state index in [1.54, 1.807) is 0 Å². The lowest BCUT2D eigenvalue weighted by Gasteiger charge is -2.13. The van der Waals surface area contributed by atoms with E-state index in [1.807, 2.05) is 0 Å². The summed E-state index contributed by atoms with van der Waals surface area (Å²) in [6, 6.07) is 12.8. The monoisotopic (exact) mass is 452 g/mol. The predicted octanol–water partition coefficient (Wildman–Crippen LogP) is 2.93. The first-order chi connectivity index (χ1) is 13.9. The summed E-state index contributed by atoms with van der Waals surface area (Å²) in [5.74, 6) is 0.187. The van der Waals surface area contributed by atoms with Crippen LogP contribution in [0.2, 0.25) is 0 Å². The zero-order valence-corrected chi connectivity index (χ0v) is 16.7. The maximum Gasteiger partial charge on any atom is 0.298 e. The highest BCUT2D eigenvalue weighted by Gasteiger charge is 2.19. The molecule has 0 unspecified atom stereocenters. The van der Waals surface area contributed by atoms with Crippen LogP contribution in [-0.2, 0) is 20.2 Å². The molecule has 0 atom stereocenters. The van der Waals surface area contributed by atoms with Crippen LogP contribution in [0.15, 0.2) is 70.5 Å². The van der Waals surface area contributed by atoms with Gasteiger partial charge in [0.05, 0.1) is 16.3 Å². The van der Waals surface area contributed by atoms with Crippen LogP contribution in [0.25, 0.3) is 0 Å². The van der Waals surface area contributed by atoms with Crippen molar-refractivity contribution in [1.82, 2.24) is 0 Å². The zero-order valence-electron chi connectivity index (χ0n) is 15.1. The number of nitrogens with two attached hydrogens (primary N) is 2. The van der Waals surface area contributed by atoms with Crippen LogP contribution in [0.1, 0.15) is 0 Å². The Morgan fingerprint density at radius 1 is 0.633 bits per heavy atom. The fourth-order valence-corrected chi connectivity index (χ4v) is 3.51. The summed E-state index contributed by atoms with van der Waals surface area (Å²) < 4.78 is 75.3. The SMILES string of the molecule is Nc1ccc(Oc2ccc(Oc3ccc(S(=O)(=O)O)cc3)cc2S(=O)(=O)O)cc1N. The third-order valence-corrected chi connectivity index (χ3v) is 5.58. The highest BCUT2D eigenvalue weighted by molar-refractivity contribution is 7.86. The largest absolute Gasteiger partial charge is 0.457 e. The van der Waals surface area contributed by atoms with Gasteiger partial charge in [-0.3, -0.25) is 9.11 Å². The second kappa shape index (κ2) is 7.84. The van der Waals surface area contributed by atoms with Crippen LogP contribution in [0.3, 0.4) is 0 Å². The van der Waals surface area contributed by atoms with Crippen molar-refractivity contribution in [2.24, 2.45) is 0 Å². The van der Waals surface area contributed by atoms with Crippen molar-refractivity contribution in [3.8, 4) is 23.0 Å². The van der Waals surface area contributed by atoms with Crippen LogP contribution in [0.5, 0.6) is 23.0 Å². The minimum absolute atomic E-state index is 0.0198. The maximum absolute atomic E-state index is 11.8. The smallest absolute Gasteiger partial charge is 0.298 e. The van der Waals surface area contributed by atoms with Crippen LogP contribution in [0, 0.1) is 0 Å². The van der Waals surface area contributed by atoms with E-state index < -0.39 is 25.1 Å². The summed E-state index contributed by atoms with van der Waals surface area (Å²) in [6.07, 6.45) is 0. The van der Waals surface area contributed by atoms with Crippen molar-refractivity contribution in [2.45, 2.75) is 9.79 Å². The molecule has 0 spiro atoms. The lowest BCUT2D eigenvalue weighted by molar-refractivity contribution is 0.441. The number of hydrogen-bond donors (Lipinski definition) is 4. The second-order valence-corrected chi connectivity index (χ2v) is 8.84. The zero-order chi connectivity index (χ0) is 22.1. The number of anilines is 2. The van der Waals surface area contributed by atoms with Crippen molar-refractivity contribution in [2.75, 3.05) is 11.5 Å². The molecule has 0 aliphatic heterocycles. The van der Waals surface area contributed by atoms with Gasteiger partial charge >= 0.3 is 0 Å². The third kappa shape index (κ3) is 4.99. The number of ether oxygens (including phenoxy) is 2.